The van der Waals surface area contributed by atoms with Crippen LogP contribution in [0.3, 0.4) is 0 Å². The van der Waals surface area contributed by atoms with E-state index in [1.54, 1.807) is 12.3 Å². The monoisotopic (exact) mass is 426 g/mol. The normalized spacial score (nSPS) is 11.3. The van der Waals surface area contributed by atoms with Crippen LogP contribution in [0.4, 0.5) is 5.69 Å². The van der Waals surface area contributed by atoms with Crippen LogP contribution in [0.25, 0.3) is 5.69 Å². The molecule has 0 aliphatic heterocycles. The summed E-state index contributed by atoms with van der Waals surface area (Å²) in [6.07, 6.45) is 4.74. The molecule has 0 spiro atoms. The van der Waals surface area contributed by atoms with Crippen LogP contribution in [-0.4, -0.2) is 36.7 Å². The smallest absolute Gasteiger partial charge is 0.241 e. The maximum Gasteiger partial charge on any atom is 0.241 e. The Morgan fingerprint density at radius 3 is 2.37 bits per heavy atom. The van der Waals surface area contributed by atoms with Crippen molar-refractivity contribution in [1.29, 1.82) is 0 Å². The molecule has 0 saturated carbocycles. The number of nitrogens with zero attached hydrogens (tertiary/aromatic N) is 3. The van der Waals surface area contributed by atoms with E-state index in [9.17, 15) is 13.2 Å². The molecule has 8 heteroatoms. The molecule has 2 aromatic carbocycles. The molecule has 3 aromatic rings. The van der Waals surface area contributed by atoms with Crippen molar-refractivity contribution in [3.05, 3.63) is 77.4 Å². The van der Waals surface area contributed by atoms with Gasteiger partial charge in [-0.15, -0.1) is 0 Å². The Morgan fingerprint density at radius 1 is 1.10 bits per heavy atom. The van der Waals surface area contributed by atoms with Crippen molar-refractivity contribution < 1.29 is 13.2 Å². The van der Waals surface area contributed by atoms with Gasteiger partial charge in [-0.25, -0.2) is 13.4 Å². The Kier molecular flexibility index (Phi) is 6.26. The van der Waals surface area contributed by atoms with E-state index in [0.717, 1.165) is 38.8 Å². The second-order valence-electron chi connectivity index (χ2n) is 7.35. The first-order chi connectivity index (χ1) is 14.1. The first-order valence-corrected chi connectivity index (χ1v) is 11.4. The first kappa shape index (κ1) is 21.6. The molecule has 1 N–H and O–H groups in total. The van der Waals surface area contributed by atoms with Gasteiger partial charge in [0.25, 0.3) is 0 Å². The molecule has 158 valence electrons. The Bertz CT molecular complexity index is 1150. The zero-order valence-corrected chi connectivity index (χ0v) is 18.4. The largest absolute Gasteiger partial charge is 0.350 e. The number of carbonyl (C=O) groups excluding carboxylic acids is 1. The van der Waals surface area contributed by atoms with E-state index in [4.69, 9.17) is 0 Å². The molecule has 0 atom stereocenters. The van der Waals surface area contributed by atoms with Gasteiger partial charge in [-0.1, -0.05) is 29.8 Å². The van der Waals surface area contributed by atoms with Crippen molar-refractivity contribution >= 4 is 21.6 Å². The number of nitrogens with one attached hydrogen (secondary N) is 1. The highest BCUT2D eigenvalue weighted by molar-refractivity contribution is 7.92. The first-order valence-electron chi connectivity index (χ1n) is 9.56. The van der Waals surface area contributed by atoms with E-state index >= 15 is 0 Å². The number of carbonyl (C=O) groups is 1. The van der Waals surface area contributed by atoms with Gasteiger partial charge in [0.1, 0.15) is 12.4 Å². The summed E-state index contributed by atoms with van der Waals surface area (Å²) < 4.78 is 27.7. The molecule has 0 bridgehead atoms. The van der Waals surface area contributed by atoms with Gasteiger partial charge in [0.05, 0.1) is 11.9 Å². The minimum absolute atomic E-state index is 0.269. The quantitative estimate of drug-likeness (QED) is 0.630. The molecule has 1 heterocycles. The molecule has 1 aromatic heterocycles. The predicted molar refractivity (Wildman–Crippen MR) is 118 cm³/mol. The summed E-state index contributed by atoms with van der Waals surface area (Å²) in [5.74, 6) is 0.526. The maximum atomic E-state index is 12.5. The van der Waals surface area contributed by atoms with Gasteiger partial charge < -0.3 is 9.88 Å². The molecular weight excluding hydrogens is 400 g/mol. The van der Waals surface area contributed by atoms with Gasteiger partial charge in [-0.3, -0.25) is 9.10 Å². The molecule has 0 aliphatic rings. The average Bonchev–Trinajstić information content (AvgIpc) is 3.10. The fourth-order valence-corrected chi connectivity index (χ4v) is 4.19. The van der Waals surface area contributed by atoms with E-state index in [1.165, 1.54) is 0 Å². The summed E-state index contributed by atoms with van der Waals surface area (Å²) in [5, 5.41) is 2.80. The van der Waals surface area contributed by atoms with E-state index < -0.39 is 10.0 Å². The van der Waals surface area contributed by atoms with Crippen molar-refractivity contribution in [2.24, 2.45) is 0 Å². The highest BCUT2D eigenvalue weighted by Gasteiger charge is 2.22. The molecule has 30 heavy (non-hydrogen) atoms. The number of imidazole rings is 1. The van der Waals surface area contributed by atoms with Crippen LogP contribution in [-0.2, 0) is 21.4 Å². The molecular formula is C22H26N4O3S. The Labute approximate surface area is 177 Å². The number of sulfonamides is 1. The van der Waals surface area contributed by atoms with Gasteiger partial charge in [0.2, 0.25) is 15.9 Å². The second kappa shape index (κ2) is 8.71. The SMILES string of the molecule is Cc1ccc(N(CC(=O)NCc2ccc(-n3ccnc3C)cc2)S(C)(=O)=O)c(C)c1. The molecule has 1 amide bonds. The topological polar surface area (TPSA) is 84.3 Å². The van der Waals surface area contributed by atoms with Crippen LogP contribution in [0.2, 0.25) is 0 Å². The molecule has 3 rings (SSSR count). The highest BCUT2D eigenvalue weighted by Crippen LogP contribution is 2.23. The lowest BCUT2D eigenvalue weighted by Crippen LogP contribution is -2.40. The van der Waals surface area contributed by atoms with Crippen LogP contribution in [0.1, 0.15) is 22.5 Å². The Balaban J connectivity index is 1.67. The number of hydrogen-bond donors (Lipinski definition) is 1. The molecule has 0 saturated heterocycles. The number of aryl methyl sites for hydroxylation is 3. The third-order valence-corrected chi connectivity index (χ3v) is 5.96. The highest BCUT2D eigenvalue weighted by atomic mass is 32.2. The van der Waals surface area contributed by atoms with Gasteiger partial charge in [0.15, 0.2) is 0 Å². The fraction of sp³-hybridized carbons (Fsp3) is 0.273. The standard InChI is InChI=1S/C22H26N4O3S/c1-16-5-10-21(17(2)13-16)26(30(4,28)29)15-22(27)24-14-19-6-8-20(9-7-19)25-12-11-23-18(25)3/h5-13H,14-15H2,1-4H3,(H,24,27). The Morgan fingerprint density at radius 2 is 1.80 bits per heavy atom. The van der Waals surface area contributed by atoms with Crippen molar-refractivity contribution in [3.63, 3.8) is 0 Å². The zero-order chi connectivity index (χ0) is 21.9. The minimum Gasteiger partial charge on any atom is -0.350 e. The summed E-state index contributed by atoms with van der Waals surface area (Å²) in [7, 11) is -3.60. The molecule has 0 radical (unpaired) electrons. The number of benzene rings is 2. The summed E-state index contributed by atoms with van der Waals surface area (Å²) in [6, 6.07) is 13.2. The van der Waals surface area contributed by atoms with Crippen LogP contribution in [0.15, 0.2) is 54.9 Å². The molecule has 7 nitrogen and oxygen atoms in total. The third kappa shape index (κ3) is 5.07. The number of rotatable bonds is 7. The van der Waals surface area contributed by atoms with E-state index in [1.807, 2.05) is 67.9 Å². The predicted octanol–water partition coefficient (Wildman–Crippen LogP) is 2.88. The van der Waals surface area contributed by atoms with Gasteiger partial charge in [-0.05, 0) is 50.1 Å². The summed E-state index contributed by atoms with van der Waals surface area (Å²) in [6.45, 7) is 5.74. The van der Waals surface area contributed by atoms with Gasteiger partial charge in [0, 0.05) is 24.6 Å². The maximum absolute atomic E-state index is 12.5. The van der Waals surface area contributed by atoms with Crippen molar-refractivity contribution in [2.45, 2.75) is 27.3 Å². The third-order valence-electron chi connectivity index (χ3n) is 4.84. The number of aromatic nitrogens is 2. The Hall–Kier alpha value is -3.13. The minimum atomic E-state index is -3.60. The summed E-state index contributed by atoms with van der Waals surface area (Å²) >= 11 is 0. The fourth-order valence-electron chi connectivity index (χ4n) is 3.28. The number of anilines is 1. The molecule has 0 unspecified atom stereocenters. The number of amides is 1. The van der Waals surface area contributed by atoms with E-state index in [2.05, 4.69) is 10.3 Å². The van der Waals surface area contributed by atoms with Gasteiger partial charge in [-0.2, -0.15) is 0 Å². The molecule has 0 fully saturated rings. The van der Waals surface area contributed by atoms with Crippen molar-refractivity contribution in [2.75, 3.05) is 17.1 Å². The average molecular weight is 427 g/mol. The van der Waals surface area contributed by atoms with Crippen molar-refractivity contribution in [3.8, 4) is 5.69 Å². The van der Waals surface area contributed by atoms with Crippen molar-refractivity contribution in [1.82, 2.24) is 14.9 Å². The zero-order valence-electron chi connectivity index (χ0n) is 17.6. The summed E-state index contributed by atoms with van der Waals surface area (Å²) in [5.41, 5.74) is 4.25. The summed E-state index contributed by atoms with van der Waals surface area (Å²) in [4.78, 5) is 16.7. The van der Waals surface area contributed by atoms with E-state index in [0.29, 0.717) is 12.2 Å². The molecule has 0 aliphatic carbocycles. The lowest BCUT2D eigenvalue weighted by Gasteiger charge is -2.24. The van der Waals surface area contributed by atoms with Crippen LogP contribution >= 0.6 is 0 Å². The number of hydrogen-bond acceptors (Lipinski definition) is 4. The van der Waals surface area contributed by atoms with Crippen LogP contribution in [0.5, 0.6) is 0 Å². The van der Waals surface area contributed by atoms with Crippen LogP contribution in [0, 0.1) is 20.8 Å². The lowest BCUT2D eigenvalue weighted by atomic mass is 10.1. The second-order valence-corrected chi connectivity index (χ2v) is 9.25. The van der Waals surface area contributed by atoms with Gasteiger partial charge >= 0.3 is 0 Å². The van der Waals surface area contributed by atoms with E-state index in [-0.39, 0.29) is 12.5 Å². The van der Waals surface area contributed by atoms with Crippen LogP contribution < -0.4 is 9.62 Å². The lowest BCUT2D eigenvalue weighted by molar-refractivity contribution is -0.119.